The molecule has 0 fully saturated rings. The van der Waals surface area contributed by atoms with Crippen molar-refractivity contribution in [2.45, 2.75) is 33.4 Å². The molecule has 0 radical (unpaired) electrons. The number of methoxy groups -OCH3 is 1. The standard InChI is InChI=1S/C13H22N2O/c1-9-5-12(8-15-7-11(3)14)13(16-4)6-10(9)2/h5-6,11,15H,7-8,14H2,1-4H3. The van der Waals surface area contributed by atoms with Gasteiger partial charge in [0.05, 0.1) is 7.11 Å². The van der Waals surface area contributed by atoms with Gasteiger partial charge in [-0.2, -0.15) is 0 Å². The highest BCUT2D eigenvalue weighted by atomic mass is 16.5. The van der Waals surface area contributed by atoms with Gasteiger partial charge in [0.25, 0.3) is 0 Å². The van der Waals surface area contributed by atoms with Crippen LogP contribution < -0.4 is 15.8 Å². The predicted octanol–water partition coefficient (Wildman–Crippen LogP) is 1.75. The minimum atomic E-state index is 0.178. The van der Waals surface area contributed by atoms with Gasteiger partial charge in [-0.3, -0.25) is 0 Å². The third-order valence-corrected chi connectivity index (χ3v) is 2.68. The number of nitrogens with one attached hydrogen (secondary N) is 1. The van der Waals surface area contributed by atoms with E-state index in [9.17, 15) is 0 Å². The molecule has 0 aliphatic heterocycles. The maximum absolute atomic E-state index is 5.69. The average Bonchev–Trinajstić information content (AvgIpc) is 2.22. The Labute approximate surface area is 98.0 Å². The molecule has 3 N–H and O–H groups in total. The Kier molecular flexibility index (Phi) is 4.77. The van der Waals surface area contributed by atoms with Gasteiger partial charge in [0.1, 0.15) is 5.75 Å². The van der Waals surface area contributed by atoms with Crippen LogP contribution in [0.3, 0.4) is 0 Å². The number of rotatable bonds is 5. The van der Waals surface area contributed by atoms with Crippen molar-refractivity contribution in [3.63, 3.8) is 0 Å². The zero-order valence-electron chi connectivity index (χ0n) is 10.6. The van der Waals surface area contributed by atoms with Crippen molar-refractivity contribution in [2.24, 2.45) is 5.73 Å². The van der Waals surface area contributed by atoms with Gasteiger partial charge < -0.3 is 15.8 Å². The first-order valence-electron chi connectivity index (χ1n) is 5.65. The molecule has 3 heteroatoms. The number of nitrogens with two attached hydrogens (primary N) is 1. The van der Waals surface area contributed by atoms with Gasteiger partial charge in [-0.25, -0.2) is 0 Å². The molecule has 0 aliphatic rings. The normalized spacial score (nSPS) is 12.6. The fourth-order valence-electron chi connectivity index (χ4n) is 1.61. The Balaban J connectivity index is 2.74. The largest absolute Gasteiger partial charge is 0.496 e. The SMILES string of the molecule is COc1cc(C)c(C)cc1CNCC(C)N. The van der Waals surface area contributed by atoms with Gasteiger partial charge >= 0.3 is 0 Å². The van der Waals surface area contributed by atoms with Crippen molar-refractivity contribution >= 4 is 0 Å². The van der Waals surface area contributed by atoms with Crippen molar-refractivity contribution in [3.8, 4) is 5.75 Å². The smallest absolute Gasteiger partial charge is 0.123 e. The number of ether oxygens (including phenoxy) is 1. The molecule has 0 spiro atoms. The van der Waals surface area contributed by atoms with E-state index in [1.54, 1.807) is 7.11 Å². The Morgan fingerprint density at radius 1 is 1.31 bits per heavy atom. The van der Waals surface area contributed by atoms with Crippen molar-refractivity contribution < 1.29 is 4.74 Å². The summed E-state index contributed by atoms with van der Waals surface area (Å²) in [5.74, 6) is 0.945. The zero-order valence-corrected chi connectivity index (χ0v) is 10.6. The molecule has 1 aromatic rings. The van der Waals surface area contributed by atoms with Crippen LogP contribution in [0.2, 0.25) is 0 Å². The number of aryl methyl sites for hydroxylation is 2. The maximum Gasteiger partial charge on any atom is 0.123 e. The molecule has 0 heterocycles. The number of hydrogen-bond acceptors (Lipinski definition) is 3. The lowest BCUT2D eigenvalue weighted by Gasteiger charge is -2.13. The first-order chi connectivity index (χ1) is 7.54. The lowest BCUT2D eigenvalue weighted by atomic mass is 10.0. The fraction of sp³-hybridized carbons (Fsp3) is 0.538. The number of benzene rings is 1. The summed E-state index contributed by atoms with van der Waals surface area (Å²) in [5, 5.41) is 3.32. The Morgan fingerprint density at radius 3 is 2.50 bits per heavy atom. The third kappa shape index (κ3) is 3.51. The van der Waals surface area contributed by atoms with Crippen LogP contribution in [0.25, 0.3) is 0 Å². The van der Waals surface area contributed by atoms with E-state index in [1.807, 2.05) is 6.92 Å². The molecule has 0 amide bonds. The van der Waals surface area contributed by atoms with E-state index in [-0.39, 0.29) is 6.04 Å². The van der Waals surface area contributed by atoms with Gasteiger partial charge in [0, 0.05) is 24.7 Å². The Hall–Kier alpha value is -1.06. The monoisotopic (exact) mass is 222 g/mol. The highest BCUT2D eigenvalue weighted by molar-refractivity contribution is 5.41. The second kappa shape index (κ2) is 5.87. The quantitative estimate of drug-likeness (QED) is 0.798. The van der Waals surface area contributed by atoms with Crippen molar-refractivity contribution in [3.05, 3.63) is 28.8 Å². The van der Waals surface area contributed by atoms with E-state index in [4.69, 9.17) is 10.5 Å². The second-order valence-corrected chi connectivity index (χ2v) is 4.36. The van der Waals surface area contributed by atoms with Crippen LogP contribution in [0.5, 0.6) is 5.75 Å². The minimum absolute atomic E-state index is 0.178. The van der Waals surface area contributed by atoms with E-state index in [0.717, 1.165) is 18.8 Å². The van der Waals surface area contributed by atoms with Gasteiger partial charge in [-0.05, 0) is 38.0 Å². The number of hydrogen-bond donors (Lipinski definition) is 2. The van der Waals surface area contributed by atoms with Crippen LogP contribution >= 0.6 is 0 Å². The minimum Gasteiger partial charge on any atom is -0.496 e. The van der Waals surface area contributed by atoms with E-state index in [2.05, 4.69) is 31.3 Å². The molecule has 90 valence electrons. The van der Waals surface area contributed by atoms with Crippen LogP contribution in [-0.2, 0) is 6.54 Å². The zero-order chi connectivity index (χ0) is 12.1. The third-order valence-electron chi connectivity index (χ3n) is 2.68. The summed E-state index contributed by atoms with van der Waals surface area (Å²) in [6, 6.07) is 4.43. The fourth-order valence-corrected chi connectivity index (χ4v) is 1.61. The average molecular weight is 222 g/mol. The Bertz CT molecular complexity index is 348. The van der Waals surface area contributed by atoms with Gasteiger partial charge in [0.2, 0.25) is 0 Å². The summed E-state index contributed by atoms with van der Waals surface area (Å²) in [5.41, 5.74) is 9.42. The van der Waals surface area contributed by atoms with Gasteiger partial charge in [0.15, 0.2) is 0 Å². The molecule has 16 heavy (non-hydrogen) atoms. The van der Waals surface area contributed by atoms with Gasteiger partial charge in [-0.1, -0.05) is 6.07 Å². The molecular weight excluding hydrogens is 200 g/mol. The molecule has 1 rings (SSSR count). The summed E-state index contributed by atoms with van der Waals surface area (Å²) < 4.78 is 5.37. The van der Waals surface area contributed by atoms with Crippen molar-refractivity contribution in [1.29, 1.82) is 0 Å². The summed E-state index contributed by atoms with van der Waals surface area (Å²) in [6.45, 7) is 7.81. The maximum atomic E-state index is 5.69. The predicted molar refractivity (Wildman–Crippen MR) is 67.8 cm³/mol. The van der Waals surface area contributed by atoms with E-state index < -0.39 is 0 Å². The van der Waals surface area contributed by atoms with Crippen LogP contribution in [0.4, 0.5) is 0 Å². The lowest BCUT2D eigenvalue weighted by molar-refractivity contribution is 0.407. The topological polar surface area (TPSA) is 47.3 Å². The van der Waals surface area contributed by atoms with Crippen LogP contribution in [-0.4, -0.2) is 19.7 Å². The van der Waals surface area contributed by atoms with Crippen LogP contribution in [0.15, 0.2) is 12.1 Å². The molecule has 0 bridgehead atoms. The summed E-state index contributed by atoms with van der Waals surface area (Å²) >= 11 is 0. The lowest BCUT2D eigenvalue weighted by Crippen LogP contribution is -2.30. The Morgan fingerprint density at radius 2 is 1.94 bits per heavy atom. The van der Waals surface area contributed by atoms with Crippen molar-refractivity contribution in [1.82, 2.24) is 5.32 Å². The molecule has 1 aromatic carbocycles. The molecule has 1 unspecified atom stereocenters. The van der Waals surface area contributed by atoms with Crippen LogP contribution in [0.1, 0.15) is 23.6 Å². The summed E-state index contributed by atoms with van der Waals surface area (Å²) in [6.07, 6.45) is 0. The highest BCUT2D eigenvalue weighted by Crippen LogP contribution is 2.22. The first kappa shape index (κ1) is 13.0. The molecule has 0 aromatic heterocycles. The second-order valence-electron chi connectivity index (χ2n) is 4.36. The summed E-state index contributed by atoms with van der Waals surface area (Å²) in [7, 11) is 1.71. The first-order valence-corrected chi connectivity index (χ1v) is 5.65. The molecule has 0 saturated carbocycles. The summed E-state index contributed by atoms with van der Waals surface area (Å²) in [4.78, 5) is 0. The molecule has 1 atom stereocenters. The molecule has 0 aliphatic carbocycles. The molecular formula is C13H22N2O. The van der Waals surface area contributed by atoms with E-state index >= 15 is 0 Å². The van der Waals surface area contributed by atoms with Gasteiger partial charge in [-0.15, -0.1) is 0 Å². The van der Waals surface area contributed by atoms with E-state index in [0.29, 0.717) is 0 Å². The van der Waals surface area contributed by atoms with Crippen LogP contribution in [0, 0.1) is 13.8 Å². The highest BCUT2D eigenvalue weighted by Gasteiger charge is 2.05. The van der Waals surface area contributed by atoms with Crippen molar-refractivity contribution in [2.75, 3.05) is 13.7 Å². The van der Waals surface area contributed by atoms with E-state index in [1.165, 1.54) is 16.7 Å². The molecule has 3 nitrogen and oxygen atoms in total. The molecule has 0 saturated heterocycles.